The Bertz CT molecular complexity index is 371. The molecule has 0 aromatic carbocycles. The van der Waals surface area contributed by atoms with Crippen LogP contribution in [-0.4, -0.2) is 18.2 Å². The zero-order chi connectivity index (χ0) is 18.1. The molecule has 0 unspecified atom stereocenters. The van der Waals surface area contributed by atoms with E-state index in [1.54, 1.807) is 6.26 Å². The summed E-state index contributed by atoms with van der Waals surface area (Å²) in [4.78, 5) is 2.24. The van der Waals surface area contributed by atoms with E-state index in [1.807, 2.05) is 27.7 Å². The number of likely N-dealkylation sites (N-methyl/N-ethyl adjacent to an activating group) is 1. The molecule has 0 amide bonds. The molecule has 0 aliphatic carbocycles. The fourth-order valence-electron chi connectivity index (χ4n) is 1.88. The molecule has 0 N–H and O–H groups in total. The van der Waals surface area contributed by atoms with E-state index < -0.39 is 0 Å². The molecule has 2 heteroatoms. The minimum Gasteiger partial charge on any atom is -0.344 e. The Morgan fingerprint density at radius 2 is 1.05 bits per heavy atom. The minimum atomic E-state index is 1.25. The van der Waals surface area contributed by atoms with Gasteiger partial charge in [0.15, 0.2) is 0 Å². The fraction of sp³-hybridized carbons (Fsp3) is 0.500. The Hall–Kier alpha value is -1.15. The molecule has 1 rings (SSSR count). The molecule has 0 saturated heterocycles. The van der Waals surface area contributed by atoms with Gasteiger partial charge in [-0.1, -0.05) is 52.0 Å². The van der Waals surface area contributed by atoms with Crippen LogP contribution in [0.1, 0.15) is 55.4 Å². The topological polar surface area (TPSA) is 3.24 Å². The lowest BCUT2D eigenvalue weighted by molar-refractivity contribution is 0.546. The van der Waals surface area contributed by atoms with Gasteiger partial charge in [0, 0.05) is 18.4 Å². The molecule has 0 atom stereocenters. The summed E-state index contributed by atoms with van der Waals surface area (Å²) in [6, 6.07) is 0. The van der Waals surface area contributed by atoms with Crippen molar-refractivity contribution in [3.05, 3.63) is 59.0 Å². The lowest BCUT2D eigenvalue weighted by Crippen LogP contribution is -2.16. The van der Waals surface area contributed by atoms with Crippen LogP contribution in [0.15, 0.2) is 59.0 Å². The van der Waals surface area contributed by atoms with Crippen LogP contribution < -0.4 is 0 Å². The van der Waals surface area contributed by atoms with E-state index in [4.69, 9.17) is 0 Å². The second-order valence-corrected chi connectivity index (χ2v) is 4.03. The first-order valence-electron chi connectivity index (χ1n) is 8.15. The van der Waals surface area contributed by atoms with E-state index >= 15 is 0 Å². The van der Waals surface area contributed by atoms with Gasteiger partial charge < -0.3 is 4.90 Å². The molecule has 22 heavy (non-hydrogen) atoms. The summed E-state index contributed by atoms with van der Waals surface area (Å²) < 4.78 is 0. The zero-order valence-corrected chi connectivity index (χ0v) is 17.3. The molecule has 1 aliphatic heterocycles. The van der Waals surface area contributed by atoms with Gasteiger partial charge in [-0.15, -0.1) is 0 Å². The van der Waals surface area contributed by atoms with Crippen molar-refractivity contribution in [2.75, 3.05) is 13.3 Å². The third kappa shape index (κ3) is 8.99. The first-order chi connectivity index (χ1) is 10.6. The predicted molar refractivity (Wildman–Crippen MR) is 110 cm³/mol. The second-order valence-electron chi connectivity index (χ2n) is 4.03. The Morgan fingerprint density at radius 3 is 1.27 bits per heavy atom. The van der Waals surface area contributed by atoms with Gasteiger partial charge in [-0.3, -0.25) is 0 Å². The summed E-state index contributed by atoms with van der Waals surface area (Å²) in [5, 5.41) is 0. The van der Waals surface area contributed by atoms with Crippen molar-refractivity contribution < 1.29 is 0 Å². The molecule has 1 heterocycles. The van der Waals surface area contributed by atoms with Crippen molar-refractivity contribution in [1.29, 1.82) is 0 Å². The number of nitrogens with zero attached hydrogens (tertiary/aromatic N) is 1. The highest BCUT2D eigenvalue weighted by atomic mass is 32.1. The van der Waals surface area contributed by atoms with Crippen LogP contribution in [0, 0.1) is 0 Å². The Morgan fingerprint density at radius 1 is 0.773 bits per heavy atom. The van der Waals surface area contributed by atoms with Crippen LogP contribution >= 0.6 is 12.6 Å². The molecule has 0 aromatic rings. The molecular weight excluding hydrogens is 286 g/mol. The van der Waals surface area contributed by atoms with Crippen LogP contribution in [-0.2, 0) is 0 Å². The van der Waals surface area contributed by atoms with Gasteiger partial charge in [-0.05, 0) is 57.2 Å². The van der Waals surface area contributed by atoms with Gasteiger partial charge >= 0.3 is 0 Å². The maximum absolute atomic E-state index is 3.53. The summed E-state index contributed by atoms with van der Waals surface area (Å²) >= 11 is 3.53. The van der Waals surface area contributed by atoms with Gasteiger partial charge in [-0.25, -0.2) is 0 Å². The normalized spacial score (nSPS) is 14.0. The lowest BCUT2D eigenvalue weighted by atomic mass is 10.2. The van der Waals surface area contributed by atoms with Crippen molar-refractivity contribution in [3.8, 4) is 0 Å². The van der Waals surface area contributed by atoms with Gasteiger partial charge in [0.2, 0.25) is 0 Å². The van der Waals surface area contributed by atoms with Crippen molar-refractivity contribution in [2.24, 2.45) is 0 Å². The smallest absolute Gasteiger partial charge is 0.0434 e. The first-order valence-corrected chi connectivity index (χ1v) is 9.05. The number of hydrogen-bond donors (Lipinski definition) is 1. The molecule has 0 bridgehead atoms. The van der Waals surface area contributed by atoms with E-state index in [2.05, 4.69) is 88.7 Å². The fourth-order valence-corrected chi connectivity index (χ4v) is 1.88. The highest BCUT2D eigenvalue weighted by molar-refractivity contribution is 7.79. The van der Waals surface area contributed by atoms with Gasteiger partial charge in [0.25, 0.3) is 0 Å². The van der Waals surface area contributed by atoms with Crippen molar-refractivity contribution >= 4 is 12.6 Å². The van der Waals surface area contributed by atoms with Crippen molar-refractivity contribution in [2.45, 2.75) is 55.4 Å². The summed E-state index contributed by atoms with van der Waals surface area (Å²) in [7, 11) is 2.12. The standard InChI is InChI=1S/C15H21N.2C2H6.CH4S/c1-6-8-14-12(3)10-11-13(4)15(9-7-2)16(14)5;3*1-2/h6-11H,1-5H3;2*1-2H3;2H,1H3/b8-6-,9-7-;;;. The van der Waals surface area contributed by atoms with Crippen LogP contribution in [0.5, 0.6) is 0 Å². The molecule has 0 saturated carbocycles. The second kappa shape index (κ2) is 17.9. The Labute approximate surface area is 145 Å². The summed E-state index contributed by atoms with van der Waals surface area (Å²) in [6.07, 6.45) is 14.5. The minimum absolute atomic E-state index is 1.25. The molecule has 0 spiro atoms. The summed E-state index contributed by atoms with van der Waals surface area (Å²) in [5.74, 6) is 0. The Kier molecular flexibility index (Phi) is 21.0. The molecule has 0 aromatic heterocycles. The molecule has 1 aliphatic rings. The quantitative estimate of drug-likeness (QED) is 0.548. The van der Waals surface area contributed by atoms with E-state index in [0.29, 0.717) is 0 Å². The van der Waals surface area contributed by atoms with Crippen LogP contribution in [0.3, 0.4) is 0 Å². The first kappa shape index (κ1) is 25.8. The summed E-state index contributed by atoms with van der Waals surface area (Å²) in [6.45, 7) is 16.4. The summed E-state index contributed by atoms with van der Waals surface area (Å²) in [5.41, 5.74) is 5.09. The molecule has 128 valence electrons. The zero-order valence-electron chi connectivity index (χ0n) is 16.4. The monoisotopic (exact) mass is 323 g/mol. The average Bonchev–Trinajstić information content (AvgIpc) is 2.68. The van der Waals surface area contributed by atoms with Crippen molar-refractivity contribution in [3.63, 3.8) is 0 Å². The average molecular weight is 324 g/mol. The molecule has 1 nitrogen and oxygen atoms in total. The third-order valence-corrected chi connectivity index (χ3v) is 2.76. The van der Waals surface area contributed by atoms with E-state index in [1.165, 1.54) is 22.5 Å². The van der Waals surface area contributed by atoms with E-state index in [-0.39, 0.29) is 0 Å². The maximum Gasteiger partial charge on any atom is 0.0434 e. The van der Waals surface area contributed by atoms with Gasteiger partial charge in [-0.2, -0.15) is 12.6 Å². The predicted octanol–water partition coefficient (Wildman–Crippen LogP) is 6.79. The number of allylic oxidation sites excluding steroid dienone is 8. The lowest BCUT2D eigenvalue weighted by Gasteiger charge is -2.23. The van der Waals surface area contributed by atoms with E-state index in [9.17, 15) is 0 Å². The largest absolute Gasteiger partial charge is 0.344 e. The third-order valence-electron chi connectivity index (χ3n) is 2.76. The van der Waals surface area contributed by atoms with Crippen molar-refractivity contribution in [1.82, 2.24) is 4.90 Å². The Balaban J connectivity index is -0.000000535. The highest BCUT2D eigenvalue weighted by Gasteiger charge is 2.11. The molecular formula is C20H37NS. The maximum atomic E-state index is 3.53. The van der Waals surface area contributed by atoms with E-state index in [0.717, 1.165) is 0 Å². The van der Waals surface area contributed by atoms with Crippen LogP contribution in [0.25, 0.3) is 0 Å². The van der Waals surface area contributed by atoms with Crippen LogP contribution in [0.4, 0.5) is 0 Å². The highest BCUT2D eigenvalue weighted by Crippen LogP contribution is 2.24. The number of thiol groups is 1. The number of hydrogen-bond acceptors (Lipinski definition) is 2. The molecule has 0 radical (unpaired) electrons. The van der Waals surface area contributed by atoms with Gasteiger partial charge in [0.05, 0.1) is 0 Å². The number of rotatable bonds is 2. The molecule has 0 fully saturated rings. The van der Waals surface area contributed by atoms with Crippen LogP contribution in [0.2, 0.25) is 0 Å². The van der Waals surface area contributed by atoms with Gasteiger partial charge in [0.1, 0.15) is 0 Å². The SMILES string of the molecule is C/C=C\C1=C(C)C=CC(C)=C(/C=C\C)N1C.CC.CC.CS.